The maximum atomic E-state index is 4.42. The van der Waals surface area contributed by atoms with Gasteiger partial charge in [-0.2, -0.15) is 0 Å². The second-order valence-electron chi connectivity index (χ2n) is 5.42. The topological polar surface area (TPSA) is 58.9 Å². The molecule has 3 rings (SSSR count). The number of aromatic nitrogens is 4. The molecule has 112 valence electrons. The first-order valence-corrected chi connectivity index (χ1v) is 7.65. The van der Waals surface area contributed by atoms with Crippen LogP contribution >= 0.6 is 0 Å². The van der Waals surface area contributed by atoms with E-state index < -0.39 is 0 Å². The second-order valence-corrected chi connectivity index (χ2v) is 5.42. The molecule has 0 radical (unpaired) electrons. The molecule has 6 nitrogen and oxygen atoms in total. The van der Waals surface area contributed by atoms with Crippen molar-refractivity contribution in [2.45, 2.75) is 31.8 Å². The van der Waals surface area contributed by atoms with Gasteiger partial charge in [0.1, 0.15) is 5.82 Å². The van der Waals surface area contributed by atoms with Gasteiger partial charge in [0.15, 0.2) is 0 Å². The van der Waals surface area contributed by atoms with Gasteiger partial charge in [-0.15, -0.1) is 5.10 Å². The highest BCUT2D eigenvalue weighted by Crippen LogP contribution is 2.17. The molecule has 3 heterocycles. The summed E-state index contributed by atoms with van der Waals surface area (Å²) in [6.07, 6.45) is 8.94. The molecule has 1 aliphatic heterocycles. The molecule has 0 aliphatic carbocycles. The van der Waals surface area contributed by atoms with Crippen LogP contribution in [-0.4, -0.2) is 45.7 Å². The van der Waals surface area contributed by atoms with E-state index in [-0.39, 0.29) is 0 Å². The van der Waals surface area contributed by atoms with Crippen LogP contribution in [-0.2, 0) is 6.54 Å². The molecule has 0 saturated carbocycles. The van der Waals surface area contributed by atoms with E-state index in [2.05, 4.69) is 37.6 Å². The van der Waals surface area contributed by atoms with Crippen molar-refractivity contribution in [3.05, 3.63) is 36.8 Å². The van der Waals surface area contributed by atoms with Gasteiger partial charge in [-0.25, -0.2) is 4.98 Å². The number of hydrogen-bond donors (Lipinski definition) is 1. The summed E-state index contributed by atoms with van der Waals surface area (Å²) in [4.78, 5) is 6.79. The van der Waals surface area contributed by atoms with Crippen molar-refractivity contribution in [1.29, 1.82) is 0 Å². The summed E-state index contributed by atoms with van der Waals surface area (Å²) in [5, 5.41) is 11.4. The first-order valence-electron chi connectivity index (χ1n) is 7.65. The van der Waals surface area contributed by atoms with E-state index in [9.17, 15) is 0 Å². The Labute approximate surface area is 125 Å². The predicted octanol–water partition coefficient (Wildman–Crippen LogP) is 1.32. The Bertz CT molecular complexity index is 504. The lowest BCUT2D eigenvalue weighted by atomic mass is 10.0. The maximum Gasteiger partial charge on any atom is 0.128 e. The quantitative estimate of drug-likeness (QED) is 0.812. The third-order valence-corrected chi connectivity index (χ3v) is 3.94. The van der Waals surface area contributed by atoms with Crippen LogP contribution in [0.25, 0.3) is 0 Å². The van der Waals surface area contributed by atoms with E-state index in [0.717, 1.165) is 38.4 Å². The van der Waals surface area contributed by atoms with Crippen LogP contribution in [0.4, 0.5) is 5.82 Å². The zero-order valence-corrected chi connectivity index (χ0v) is 12.2. The number of pyridine rings is 1. The van der Waals surface area contributed by atoms with E-state index in [1.807, 2.05) is 23.1 Å². The molecule has 1 aliphatic rings. The molecule has 1 saturated heterocycles. The van der Waals surface area contributed by atoms with Crippen molar-refractivity contribution in [2.75, 3.05) is 24.5 Å². The number of piperidine rings is 1. The minimum atomic E-state index is 0.626. The molecule has 2 aromatic rings. The van der Waals surface area contributed by atoms with Gasteiger partial charge in [-0.3, -0.25) is 4.68 Å². The minimum Gasteiger partial charge on any atom is -0.357 e. The van der Waals surface area contributed by atoms with E-state index in [1.165, 1.54) is 12.8 Å². The Morgan fingerprint density at radius 1 is 1.19 bits per heavy atom. The van der Waals surface area contributed by atoms with Crippen LogP contribution in [0.2, 0.25) is 0 Å². The Morgan fingerprint density at radius 2 is 2.10 bits per heavy atom. The Morgan fingerprint density at radius 3 is 2.81 bits per heavy atom. The molecule has 21 heavy (non-hydrogen) atoms. The molecule has 1 fully saturated rings. The smallest absolute Gasteiger partial charge is 0.128 e. The minimum absolute atomic E-state index is 0.626. The molecule has 1 N–H and O–H groups in total. The number of hydrogen-bond acceptors (Lipinski definition) is 5. The number of rotatable bonds is 6. The van der Waals surface area contributed by atoms with Gasteiger partial charge >= 0.3 is 0 Å². The maximum absolute atomic E-state index is 4.42. The number of nitrogens with one attached hydrogen (secondary N) is 1. The van der Waals surface area contributed by atoms with E-state index in [0.29, 0.717) is 6.04 Å². The van der Waals surface area contributed by atoms with Crippen LogP contribution in [0.5, 0.6) is 0 Å². The summed E-state index contributed by atoms with van der Waals surface area (Å²) in [7, 11) is 0. The van der Waals surface area contributed by atoms with Crippen molar-refractivity contribution in [1.82, 2.24) is 25.3 Å². The van der Waals surface area contributed by atoms with Crippen LogP contribution in [0.1, 0.15) is 19.3 Å². The van der Waals surface area contributed by atoms with Gasteiger partial charge in [0.2, 0.25) is 0 Å². The molecule has 0 amide bonds. The fourth-order valence-corrected chi connectivity index (χ4v) is 2.75. The van der Waals surface area contributed by atoms with Crippen LogP contribution in [0.15, 0.2) is 36.8 Å². The molecule has 0 atom stereocenters. The van der Waals surface area contributed by atoms with Crippen molar-refractivity contribution < 1.29 is 0 Å². The van der Waals surface area contributed by atoms with Gasteiger partial charge in [0.25, 0.3) is 0 Å². The SMILES string of the molecule is c1ccc(N2CCC(NCCCn3ccnn3)CC2)nc1. The first-order chi connectivity index (χ1) is 10.4. The summed E-state index contributed by atoms with van der Waals surface area (Å²) in [6.45, 7) is 4.13. The normalized spacial score (nSPS) is 16.3. The fraction of sp³-hybridized carbons (Fsp3) is 0.533. The summed E-state index contributed by atoms with van der Waals surface area (Å²) in [5.41, 5.74) is 0. The van der Waals surface area contributed by atoms with Gasteiger partial charge < -0.3 is 10.2 Å². The fourth-order valence-electron chi connectivity index (χ4n) is 2.75. The molecular formula is C15H22N6. The predicted molar refractivity (Wildman–Crippen MR) is 82.1 cm³/mol. The number of anilines is 1. The molecule has 0 unspecified atom stereocenters. The average molecular weight is 286 g/mol. The lowest BCUT2D eigenvalue weighted by molar-refractivity contribution is 0.402. The molecule has 2 aromatic heterocycles. The van der Waals surface area contributed by atoms with Crippen LogP contribution in [0, 0.1) is 0 Å². The Balaban J connectivity index is 1.34. The summed E-state index contributed by atoms with van der Waals surface area (Å²) >= 11 is 0. The van der Waals surface area contributed by atoms with Crippen molar-refractivity contribution >= 4 is 5.82 Å². The van der Waals surface area contributed by atoms with Gasteiger partial charge in [0, 0.05) is 38.1 Å². The monoisotopic (exact) mass is 286 g/mol. The molecule has 0 spiro atoms. The van der Waals surface area contributed by atoms with Crippen molar-refractivity contribution in [3.63, 3.8) is 0 Å². The molecule has 6 heteroatoms. The van der Waals surface area contributed by atoms with Crippen molar-refractivity contribution in [3.8, 4) is 0 Å². The van der Waals surface area contributed by atoms with Gasteiger partial charge in [-0.05, 0) is 37.9 Å². The average Bonchev–Trinajstić information content (AvgIpc) is 3.06. The summed E-state index contributed by atoms with van der Waals surface area (Å²) in [6, 6.07) is 6.73. The summed E-state index contributed by atoms with van der Waals surface area (Å²) < 4.78 is 1.88. The van der Waals surface area contributed by atoms with Gasteiger partial charge in [-0.1, -0.05) is 11.3 Å². The third kappa shape index (κ3) is 4.01. The Hall–Kier alpha value is -1.95. The Kier molecular flexibility index (Phi) is 4.78. The highest BCUT2D eigenvalue weighted by molar-refractivity contribution is 5.38. The zero-order chi connectivity index (χ0) is 14.3. The van der Waals surface area contributed by atoms with Gasteiger partial charge in [0.05, 0.1) is 6.20 Å². The number of aryl methyl sites for hydroxylation is 1. The second kappa shape index (κ2) is 7.17. The molecule has 0 bridgehead atoms. The molecular weight excluding hydrogens is 264 g/mol. The summed E-state index contributed by atoms with van der Waals surface area (Å²) in [5.74, 6) is 1.10. The first kappa shape index (κ1) is 14.0. The largest absolute Gasteiger partial charge is 0.357 e. The highest BCUT2D eigenvalue weighted by Gasteiger charge is 2.19. The lowest BCUT2D eigenvalue weighted by Crippen LogP contribution is -2.43. The van der Waals surface area contributed by atoms with Crippen LogP contribution in [0.3, 0.4) is 0 Å². The highest BCUT2D eigenvalue weighted by atomic mass is 15.4. The van der Waals surface area contributed by atoms with Crippen molar-refractivity contribution in [2.24, 2.45) is 0 Å². The molecule has 0 aromatic carbocycles. The lowest BCUT2D eigenvalue weighted by Gasteiger charge is -2.33. The number of nitrogens with zero attached hydrogens (tertiary/aromatic N) is 5. The van der Waals surface area contributed by atoms with Crippen LogP contribution < -0.4 is 10.2 Å². The van der Waals surface area contributed by atoms with E-state index >= 15 is 0 Å². The third-order valence-electron chi connectivity index (χ3n) is 3.94. The standard InChI is InChI=1S/C15H22N6/c1-2-7-17-15(4-1)20-11-5-14(6-12-20)16-8-3-10-21-13-9-18-19-21/h1-2,4,7,9,13-14,16H,3,5-6,8,10-12H2. The van der Waals surface area contributed by atoms with E-state index in [4.69, 9.17) is 0 Å². The van der Waals surface area contributed by atoms with E-state index in [1.54, 1.807) is 6.20 Å². The zero-order valence-electron chi connectivity index (χ0n) is 12.2.